The van der Waals surface area contributed by atoms with Crippen LogP contribution in [0, 0.1) is 0 Å². The Morgan fingerprint density at radius 1 is 1.19 bits per heavy atom. The number of anilines is 1. The first-order chi connectivity index (χ1) is 13.0. The van der Waals surface area contributed by atoms with Crippen molar-refractivity contribution in [3.8, 4) is 0 Å². The molecule has 0 aliphatic rings. The van der Waals surface area contributed by atoms with Crippen LogP contribution >= 0.6 is 23.4 Å². The minimum absolute atomic E-state index is 0.0107. The maximum absolute atomic E-state index is 12.5. The molecule has 2 aromatic carbocycles. The van der Waals surface area contributed by atoms with Crippen LogP contribution in [-0.4, -0.2) is 27.0 Å². The number of Topliss-reactive ketones (excluding diaryl/α,β-unsaturated/α-hetero) is 1. The molecule has 7 heteroatoms. The molecular formula is C20H20ClN3O2S. The van der Waals surface area contributed by atoms with E-state index in [0.29, 0.717) is 22.7 Å². The highest BCUT2D eigenvalue weighted by Crippen LogP contribution is 2.25. The van der Waals surface area contributed by atoms with Gasteiger partial charge in [-0.3, -0.25) is 9.59 Å². The van der Waals surface area contributed by atoms with Gasteiger partial charge in [0.1, 0.15) is 0 Å². The van der Waals surface area contributed by atoms with E-state index in [1.54, 1.807) is 24.3 Å². The van der Waals surface area contributed by atoms with Gasteiger partial charge in [-0.1, -0.05) is 30.3 Å². The summed E-state index contributed by atoms with van der Waals surface area (Å²) < 4.78 is 1.95. The summed E-state index contributed by atoms with van der Waals surface area (Å²) >= 11 is 7.41. The van der Waals surface area contributed by atoms with Crippen molar-refractivity contribution in [1.82, 2.24) is 9.55 Å². The second kappa shape index (κ2) is 8.59. The standard InChI is InChI=1S/C20H20ClN3O2S/c1-3-4-19(26)22-15-8-5-13(6-9-15)18(25)12-27-20-23-16-11-14(21)7-10-17(16)24(20)2/h5-11H,3-4,12H2,1-2H3,(H,22,26). The van der Waals surface area contributed by atoms with Crippen molar-refractivity contribution in [3.63, 3.8) is 0 Å². The minimum atomic E-state index is -0.0194. The van der Waals surface area contributed by atoms with Gasteiger partial charge in [-0.2, -0.15) is 0 Å². The number of nitrogens with one attached hydrogen (secondary N) is 1. The third-order valence-corrected chi connectivity index (χ3v) is 5.37. The molecule has 0 aliphatic carbocycles. The van der Waals surface area contributed by atoms with Gasteiger partial charge in [0.25, 0.3) is 0 Å². The summed E-state index contributed by atoms with van der Waals surface area (Å²) in [5.74, 6) is 0.275. The van der Waals surface area contributed by atoms with Crippen LogP contribution in [0.1, 0.15) is 30.1 Å². The lowest BCUT2D eigenvalue weighted by Crippen LogP contribution is -2.11. The van der Waals surface area contributed by atoms with E-state index in [2.05, 4.69) is 10.3 Å². The molecule has 0 bridgehead atoms. The lowest BCUT2D eigenvalue weighted by atomic mass is 10.1. The first-order valence-electron chi connectivity index (χ1n) is 8.66. The number of imidazole rings is 1. The number of aromatic nitrogens is 2. The smallest absolute Gasteiger partial charge is 0.224 e. The monoisotopic (exact) mass is 401 g/mol. The first kappa shape index (κ1) is 19.5. The van der Waals surface area contributed by atoms with Crippen LogP contribution < -0.4 is 5.32 Å². The second-order valence-electron chi connectivity index (χ2n) is 6.17. The zero-order valence-electron chi connectivity index (χ0n) is 15.2. The van der Waals surface area contributed by atoms with Crippen molar-refractivity contribution in [2.24, 2.45) is 7.05 Å². The van der Waals surface area contributed by atoms with E-state index < -0.39 is 0 Å². The molecular weight excluding hydrogens is 382 g/mol. The van der Waals surface area contributed by atoms with E-state index in [4.69, 9.17) is 11.6 Å². The number of ketones is 1. The summed E-state index contributed by atoms with van der Waals surface area (Å²) in [5, 5.41) is 4.22. The average molecular weight is 402 g/mol. The van der Waals surface area contributed by atoms with Crippen molar-refractivity contribution >= 4 is 51.8 Å². The van der Waals surface area contributed by atoms with Crippen LogP contribution in [0.15, 0.2) is 47.6 Å². The van der Waals surface area contributed by atoms with E-state index in [9.17, 15) is 9.59 Å². The molecule has 140 valence electrons. The van der Waals surface area contributed by atoms with Crippen LogP contribution in [0.2, 0.25) is 5.02 Å². The molecule has 0 spiro atoms. The minimum Gasteiger partial charge on any atom is -0.326 e. The zero-order chi connectivity index (χ0) is 19.4. The summed E-state index contributed by atoms with van der Waals surface area (Å²) in [5.41, 5.74) is 3.09. The van der Waals surface area contributed by atoms with E-state index in [0.717, 1.165) is 22.6 Å². The number of halogens is 1. The summed E-state index contributed by atoms with van der Waals surface area (Å²) in [4.78, 5) is 28.6. The number of carbonyl (C=O) groups is 2. The molecule has 27 heavy (non-hydrogen) atoms. The zero-order valence-corrected chi connectivity index (χ0v) is 16.7. The highest BCUT2D eigenvalue weighted by atomic mass is 35.5. The van der Waals surface area contributed by atoms with Gasteiger partial charge in [0.05, 0.1) is 16.8 Å². The van der Waals surface area contributed by atoms with E-state index in [1.807, 2.05) is 36.7 Å². The largest absolute Gasteiger partial charge is 0.326 e. The van der Waals surface area contributed by atoms with Crippen LogP contribution in [0.25, 0.3) is 11.0 Å². The molecule has 3 aromatic rings. The van der Waals surface area contributed by atoms with Gasteiger partial charge in [0.2, 0.25) is 5.91 Å². The molecule has 0 atom stereocenters. The average Bonchev–Trinajstić information content (AvgIpc) is 2.95. The third-order valence-electron chi connectivity index (χ3n) is 4.10. The molecule has 0 aliphatic heterocycles. The van der Waals surface area contributed by atoms with Gasteiger partial charge in [-0.15, -0.1) is 0 Å². The molecule has 1 N–H and O–H groups in total. The number of thioether (sulfide) groups is 1. The maximum atomic E-state index is 12.5. The number of fused-ring (bicyclic) bond motifs is 1. The second-order valence-corrected chi connectivity index (χ2v) is 7.55. The Hall–Kier alpha value is -2.31. The first-order valence-corrected chi connectivity index (χ1v) is 10.0. The lowest BCUT2D eigenvalue weighted by Gasteiger charge is -2.06. The van der Waals surface area contributed by atoms with Crippen molar-refractivity contribution in [2.75, 3.05) is 11.1 Å². The Morgan fingerprint density at radius 2 is 1.93 bits per heavy atom. The molecule has 0 fully saturated rings. The number of aryl methyl sites for hydroxylation is 1. The van der Waals surface area contributed by atoms with Crippen molar-refractivity contribution in [1.29, 1.82) is 0 Å². The van der Waals surface area contributed by atoms with E-state index in [-0.39, 0.29) is 17.4 Å². The van der Waals surface area contributed by atoms with Gasteiger partial charge < -0.3 is 9.88 Å². The van der Waals surface area contributed by atoms with Gasteiger partial charge >= 0.3 is 0 Å². The van der Waals surface area contributed by atoms with Crippen molar-refractivity contribution < 1.29 is 9.59 Å². The Balaban J connectivity index is 1.64. The Bertz CT molecular complexity index is 983. The predicted octanol–water partition coefficient (Wildman–Crippen LogP) is 4.94. The number of hydrogen-bond donors (Lipinski definition) is 1. The highest BCUT2D eigenvalue weighted by Gasteiger charge is 2.12. The van der Waals surface area contributed by atoms with E-state index in [1.165, 1.54) is 11.8 Å². The fourth-order valence-corrected chi connectivity index (χ4v) is 3.73. The molecule has 0 radical (unpaired) electrons. The van der Waals surface area contributed by atoms with Crippen LogP contribution in [0.3, 0.4) is 0 Å². The van der Waals surface area contributed by atoms with Gasteiger partial charge in [-0.05, 0) is 48.9 Å². The Morgan fingerprint density at radius 3 is 2.63 bits per heavy atom. The lowest BCUT2D eigenvalue weighted by molar-refractivity contribution is -0.116. The number of carbonyl (C=O) groups excluding carboxylic acids is 2. The SMILES string of the molecule is CCCC(=O)Nc1ccc(C(=O)CSc2nc3cc(Cl)ccc3n2C)cc1. The summed E-state index contributed by atoms with van der Waals surface area (Å²) in [7, 11) is 1.92. The number of nitrogens with zero attached hydrogens (tertiary/aromatic N) is 2. The fraction of sp³-hybridized carbons (Fsp3) is 0.250. The predicted molar refractivity (Wildman–Crippen MR) is 111 cm³/mol. The van der Waals surface area contributed by atoms with Crippen LogP contribution in [0.5, 0.6) is 0 Å². The number of rotatable bonds is 7. The molecule has 1 amide bonds. The summed E-state index contributed by atoms with van der Waals surface area (Å²) in [6.07, 6.45) is 1.29. The number of benzene rings is 2. The van der Waals surface area contributed by atoms with Crippen molar-refractivity contribution in [3.05, 3.63) is 53.1 Å². The van der Waals surface area contributed by atoms with Gasteiger partial charge in [0.15, 0.2) is 10.9 Å². The Labute approximate surface area is 167 Å². The maximum Gasteiger partial charge on any atom is 0.224 e. The third kappa shape index (κ3) is 4.70. The summed E-state index contributed by atoms with van der Waals surface area (Å²) in [6.45, 7) is 1.96. The molecule has 0 unspecified atom stereocenters. The molecule has 0 saturated carbocycles. The summed E-state index contributed by atoms with van der Waals surface area (Å²) in [6, 6.07) is 12.5. The van der Waals surface area contributed by atoms with Gasteiger partial charge in [0, 0.05) is 29.7 Å². The topological polar surface area (TPSA) is 64.0 Å². The number of hydrogen-bond acceptors (Lipinski definition) is 4. The highest BCUT2D eigenvalue weighted by molar-refractivity contribution is 7.99. The normalized spacial score (nSPS) is 10.9. The Kier molecular flexibility index (Phi) is 6.19. The van der Waals surface area contributed by atoms with E-state index >= 15 is 0 Å². The molecule has 1 aromatic heterocycles. The molecule has 0 saturated heterocycles. The molecule has 1 heterocycles. The quantitative estimate of drug-likeness (QED) is 0.450. The fourth-order valence-electron chi connectivity index (χ4n) is 2.68. The van der Waals surface area contributed by atoms with Crippen molar-refractivity contribution in [2.45, 2.75) is 24.9 Å². The van der Waals surface area contributed by atoms with Crippen LogP contribution in [0.4, 0.5) is 5.69 Å². The van der Waals surface area contributed by atoms with Crippen LogP contribution in [-0.2, 0) is 11.8 Å². The molecule has 5 nitrogen and oxygen atoms in total. The molecule has 3 rings (SSSR count). The number of amides is 1. The van der Waals surface area contributed by atoms with Gasteiger partial charge in [-0.25, -0.2) is 4.98 Å².